The van der Waals surface area contributed by atoms with E-state index in [9.17, 15) is 0 Å². The number of fused-ring (bicyclic) bond motifs is 7. The molecule has 0 radical (unpaired) electrons. The molecular formula is C60H39NO. The van der Waals surface area contributed by atoms with Gasteiger partial charge in [-0.05, 0) is 96.5 Å². The average Bonchev–Trinajstić information content (AvgIpc) is 3.74. The lowest BCUT2D eigenvalue weighted by Crippen LogP contribution is -2.13. The summed E-state index contributed by atoms with van der Waals surface area (Å²) in [5.41, 5.74) is 14.1. The molecular weight excluding hydrogens is 751 g/mol. The van der Waals surface area contributed by atoms with E-state index in [1.165, 1.54) is 49.0 Å². The summed E-state index contributed by atoms with van der Waals surface area (Å²) < 4.78 is 6.71. The summed E-state index contributed by atoms with van der Waals surface area (Å²) in [5, 5.41) is 9.65. The molecule has 0 bridgehead atoms. The minimum Gasteiger partial charge on any atom is -0.455 e. The molecule has 62 heavy (non-hydrogen) atoms. The van der Waals surface area contributed by atoms with Gasteiger partial charge in [-0.25, -0.2) is 0 Å². The van der Waals surface area contributed by atoms with E-state index in [0.717, 1.165) is 66.8 Å². The van der Waals surface area contributed by atoms with Crippen LogP contribution in [0.2, 0.25) is 0 Å². The quantitative estimate of drug-likeness (QED) is 0.150. The van der Waals surface area contributed by atoms with Crippen molar-refractivity contribution in [3.63, 3.8) is 0 Å². The van der Waals surface area contributed by atoms with Gasteiger partial charge in [0, 0.05) is 33.2 Å². The van der Waals surface area contributed by atoms with E-state index >= 15 is 0 Å². The molecule has 12 aromatic rings. The maximum absolute atomic E-state index is 6.71. The molecule has 1 heterocycles. The largest absolute Gasteiger partial charge is 0.455 e. The maximum Gasteiger partial charge on any atom is 0.143 e. The number of hydrogen-bond acceptors (Lipinski definition) is 2. The SMILES string of the molecule is c1ccc(-c2ccc(-c3cc4ccccc4c4ccccc34)cc2N(c2ccc(-c3cccc4ccccc34)cc2)c2ccccc2-c2cccc3c2oc2ccccc23)cc1. The molecule has 0 saturated heterocycles. The van der Waals surface area contributed by atoms with Crippen LogP contribution in [0.3, 0.4) is 0 Å². The number of para-hydroxylation sites is 3. The Kier molecular flexibility index (Phi) is 8.53. The highest BCUT2D eigenvalue weighted by molar-refractivity contribution is 6.15. The second kappa shape index (κ2) is 14.8. The minimum atomic E-state index is 0.882. The summed E-state index contributed by atoms with van der Waals surface area (Å²) in [6.07, 6.45) is 0. The zero-order valence-corrected chi connectivity index (χ0v) is 33.9. The van der Waals surface area contributed by atoms with Crippen molar-refractivity contribution in [2.75, 3.05) is 4.90 Å². The van der Waals surface area contributed by atoms with Gasteiger partial charge in [0.05, 0.1) is 11.4 Å². The van der Waals surface area contributed by atoms with Crippen molar-refractivity contribution < 1.29 is 4.42 Å². The zero-order chi connectivity index (χ0) is 41.0. The molecule has 0 unspecified atom stereocenters. The zero-order valence-electron chi connectivity index (χ0n) is 33.9. The van der Waals surface area contributed by atoms with Gasteiger partial charge in [-0.15, -0.1) is 0 Å². The molecule has 0 fully saturated rings. The Morgan fingerprint density at radius 1 is 0.274 bits per heavy atom. The van der Waals surface area contributed by atoms with Crippen molar-refractivity contribution in [3.05, 3.63) is 237 Å². The summed E-state index contributed by atoms with van der Waals surface area (Å²) in [4.78, 5) is 2.46. The van der Waals surface area contributed by atoms with Crippen molar-refractivity contribution in [1.82, 2.24) is 0 Å². The molecule has 0 atom stereocenters. The van der Waals surface area contributed by atoms with Crippen LogP contribution >= 0.6 is 0 Å². The first kappa shape index (κ1) is 35.7. The van der Waals surface area contributed by atoms with E-state index < -0.39 is 0 Å². The fourth-order valence-electron chi connectivity index (χ4n) is 9.57. The van der Waals surface area contributed by atoms with Gasteiger partial charge in [0.15, 0.2) is 0 Å². The molecule has 1 aromatic heterocycles. The van der Waals surface area contributed by atoms with Crippen LogP contribution in [0.4, 0.5) is 17.1 Å². The van der Waals surface area contributed by atoms with Crippen LogP contribution in [0.15, 0.2) is 241 Å². The average molecular weight is 790 g/mol. The molecule has 2 heteroatoms. The van der Waals surface area contributed by atoms with Crippen LogP contribution in [0, 0.1) is 0 Å². The lowest BCUT2D eigenvalue weighted by atomic mass is 9.91. The van der Waals surface area contributed by atoms with Gasteiger partial charge < -0.3 is 9.32 Å². The summed E-state index contributed by atoms with van der Waals surface area (Å²) in [5.74, 6) is 0. The second-order valence-corrected chi connectivity index (χ2v) is 16.0. The first-order chi connectivity index (χ1) is 30.8. The van der Waals surface area contributed by atoms with Gasteiger partial charge in [-0.2, -0.15) is 0 Å². The predicted octanol–water partition coefficient (Wildman–Crippen LogP) is 17.2. The highest BCUT2D eigenvalue weighted by Crippen LogP contribution is 2.49. The van der Waals surface area contributed by atoms with Gasteiger partial charge in [0.2, 0.25) is 0 Å². The first-order valence-electron chi connectivity index (χ1n) is 21.3. The standard InChI is InChI=1S/C60H39NO/c1-2-16-41(17-3-1)49-37-34-44(56-38-43-19-5-7-22-48(43)50-23-8-9-24-51(50)56)39-58(49)61(45-35-32-42(33-36-45)47-27-14-20-40-18-4-6-21-46(40)47)57-30-12-10-25-52(57)54-28-15-29-55-53-26-11-13-31-59(53)62-60(54)55/h1-39H. The molecule has 0 saturated carbocycles. The summed E-state index contributed by atoms with van der Waals surface area (Å²) in [6, 6.07) is 85.6. The summed E-state index contributed by atoms with van der Waals surface area (Å²) in [7, 11) is 0. The molecule has 12 rings (SSSR count). The summed E-state index contributed by atoms with van der Waals surface area (Å²) in [6.45, 7) is 0. The number of hydrogen-bond donors (Lipinski definition) is 0. The Balaban J connectivity index is 1.13. The molecule has 11 aromatic carbocycles. The number of benzene rings is 11. The number of nitrogens with zero attached hydrogens (tertiary/aromatic N) is 1. The molecule has 2 nitrogen and oxygen atoms in total. The number of furan rings is 1. The third-order valence-corrected chi connectivity index (χ3v) is 12.5. The van der Waals surface area contributed by atoms with Crippen molar-refractivity contribution in [2.45, 2.75) is 0 Å². The van der Waals surface area contributed by atoms with E-state index in [1.54, 1.807) is 0 Å². The smallest absolute Gasteiger partial charge is 0.143 e. The minimum absolute atomic E-state index is 0.882. The highest BCUT2D eigenvalue weighted by Gasteiger charge is 2.24. The lowest BCUT2D eigenvalue weighted by molar-refractivity contribution is 0.670. The van der Waals surface area contributed by atoms with Crippen LogP contribution in [0.5, 0.6) is 0 Å². The third-order valence-electron chi connectivity index (χ3n) is 12.5. The molecule has 0 N–H and O–H groups in total. The fraction of sp³-hybridized carbons (Fsp3) is 0. The second-order valence-electron chi connectivity index (χ2n) is 16.0. The molecule has 0 aliphatic heterocycles. The van der Waals surface area contributed by atoms with Crippen LogP contribution in [0.25, 0.3) is 98.8 Å². The van der Waals surface area contributed by atoms with Gasteiger partial charge in [-0.1, -0.05) is 200 Å². The van der Waals surface area contributed by atoms with Crippen molar-refractivity contribution in [3.8, 4) is 44.5 Å². The first-order valence-corrected chi connectivity index (χ1v) is 21.3. The molecule has 0 amide bonds. The Bertz CT molecular complexity index is 3630. The lowest BCUT2D eigenvalue weighted by Gasteiger charge is -2.30. The van der Waals surface area contributed by atoms with E-state index in [2.05, 4.69) is 235 Å². The Morgan fingerprint density at radius 3 is 1.71 bits per heavy atom. The molecule has 0 aliphatic rings. The van der Waals surface area contributed by atoms with Gasteiger partial charge in [-0.3, -0.25) is 0 Å². The molecule has 0 aliphatic carbocycles. The van der Waals surface area contributed by atoms with Gasteiger partial charge in [0.25, 0.3) is 0 Å². The maximum atomic E-state index is 6.71. The van der Waals surface area contributed by atoms with Crippen molar-refractivity contribution in [2.24, 2.45) is 0 Å². The van der Waals surface area contributed by atoms with Crippen molar-refractivity contribution >= 4 is 71.3 Å². The Hall–Kier alpha value is -8.20. The van der Waals surface area contributed by atoms with E-state index in [1.807, 2.05) is 6.07 Å². The monoisotopic (exact) mass is 789 g/mol. The molecule has 290 valence electrons. The topological polar surface area (TPSA) is 16.4 Å². The van der Waals surface area contributed by atoms with E-state index in [-0.39, 0.29) is 0 Å². The van der Waals surface area contributed by atoms with Crippen LogP contribution < -0.4 is 4.90 Å². The van der Waals surface area contributed by atoms with Crippen molar-refractivity contribution in [1.29, 1.82) is 0 Å². The normalized spacial score (nSPS) is 11.5. The van der Waals surface area contributed by atoms with Crippen LogP contribution in [-0.4, -0.2) is 0 Å². The van der Waals surface area contributed by atoms with Gasteiger partial charge >= 0.3 is 0 Å². The highest BCUT2D eigenvalue weighted by atomic mass is 16.3. The predicted molar refractivity (Wildman–Crippen MR) is 263 cm³/mol. The summed E-state index contributed by atoms with van der Waals surface area (Å²) >= 11 is 0. The third kappa shape index (κ3) is 5.96. The Labute approximate surface area is 360 Å². The van der Waals surface area contributed by atoms with Crippen LogP contribution in [-0.2, 0) is 0 Å². The molecule has 0 spiro atoms. The number of rotatable bonds is 7. The van der Waals surface area contributed by atoms with Gasteiger partial charge in [0.1, 0.15) is 11.2 Å². The van der Waals surface area contributed by atoms with E-state index in [4.69, 9.17) is 4.42 Å². The van der Waals surface area contributed by atoms with E-state index in [0.29, 0.717) is 0 Å². The number of anilines is 3. The van der Waals surface area contributed by atoms with Crippen LogP contribution in [0.1, 0.15) is 0 Å². The Morgan fingerprint density at radius 2 is 0.855 bits per heavy atom. The fourth-order valence-corrected chi connectivity index (χ4v) is 9.57.